The van der Waals surface area contributed by atoms with Crippen molar-refractivity contribution in [2.24, 2.45) is 5.92 Å². The van der Waals surface area contributed by atoms with Gasteiger partial charge in [0.15, 0.2) is 0 Å². The Hall–Kier alpha value is -1.26. The van der Waals surface area contributed by atoms with Gasteiger partial charge in [0.1, 0.15) is 0 Å². The molecule has 1 aliphatic heterocycles. The molecular formula is C14H24N2O3. The molecule has 5 heteroatoms. The van der Waals surface area contributed by atoms with Gasteiger partial charge in [-0.05, 0) is 32.6 Å². The third kappa shape index (κ3) is 3.85. The zero-order valence-electron chi connectivity index (χ0n) is 11.7. The van der Waals surface area contributed by atoms with Crippen molar-refractivity contribution in [3.8, 4) is 0 Å². The van der Waals surface area contributed by atoms with Crippen molar-refractivity contribution in [3.63, 3.8) is 0 Å². The number of rotatable bonds is 3. The molecule has 1 saturated carbocycles. The molecule has 0 spiro atoms. The molecule has 0 radical (unpaired) electrons. The number of likely N-dealkylation sites (tertiary alicyclic amines) is 1. The van der Waals surface area contributed by atoms with Gasteiger partial charge in [-0.2, -0.15) is 0 Å². The van der Waals surface area contributed by atoms with Crippen LogP contribution in [0.2, 0.25) is 0 Å². The van der Waals surface area contributed by atoms with E-state index < -0.39 is 0 Å². The Morgan fingerprint density at radius 3 is 2.63 bits per heavy atom. The standard InChI is InChI=1S/C14H24N2O3/c1-2-19-14(18)16-9-5-6-11(10-16)13(17)15-12-7-3-4-8-12/h11-12H,2-10H2,1H3,(H,15,17)/t11-/m0/s1. The summed E-state index contributed by atoms with van der Waals surface area (Å²) in [7, 11) is 0. The van der Waals surface area contributed by atoms with Gasteiger partial charge in [0, 0.05) is 19.1 Å². The molecule has 1 N–H and O–H groups in total. The van der Waals surface area contributed by atoms with Gasteiger partial charge in [0.25, 0.3) is 0 Å². The number of carbonyl (C=O) groups excluding carboxylic acids is 2. The summed E-state index contributed by atoms with van der Waals surface area (Å²) in [6.45, 7) is 3.38. The average Bonchev–Trinajstić information content (AvgIpc) is 2.92. The SMILES string of the molecule is CCOC(=O)N1CCC[C@H](C(=O)NC2CCCC2)C1. The van der Waals surface area contributed by atoms with Gasteiger partial charge in [-0.1, -0.05) is 12.8 Å². The fourth-order valence-electron chi connectivity index (χ4n) is 2.96. The molecule has 2 fully saturated rings. The van der Waals surface area contributed by atoms with E-state index in [1.807, 2.05) is 0 Å². The Labute approximate surface area is 114 Å². The van der Waals surface area contributed by atoms with Crippen LogP contribution >= 0.6 is 0 Å². The van der Waals surface area contributed by atoms with E-state index in [1.54, 1.807) is 11.8 Å². The minimum Gasteiger partial charge on any atom is -0.450 e. The molecule has 2 aliphatic rings. The third-order valence-corrected chi connectivity index (χ3v) is 4.02. The lowest BCUT2D eigenvalue weighted by atomic mass is 9.97. The smallest absolute Gasteiger partial charge is 0.409 e. The molecule has 1 saturated heterocycles. The minimum absolute atomic E-state index is 0.0706. The summed E-state index contributed by atoms with van der Waals surface area (Å²) < 4.78 is 5.00. The van der Waals surface area contributed by atoms with Crippen LogP contribution in [-0.2, 0) is 9.53 Å². The topological polar surface area (TPSA) is 58.6 Å². The molecule has 0 bridgehead atoms. The summed E-state index contributed by atoms with van der Waals surface area (Å²) in [5, 5.41) is 3.12. The lowest BCUT2D eigenvalue weighted by Crippen LogP contribution is -2.47. The maximum Gasteiger partial charge on any atom is 0.409 e. The van der Waals surface area contributed by atoms with Gasteiger partial charge in [0.05, 0.1) is 12.5 Å². The first-order valence-electron chi connectivity index (χ1n) is 7.42. The van der Waals surface area contributed by atoms with Crippen LogP contribution in [0.4, 0.5) is 4.79 Å². The largest absolute Gasteiger partial charge is 0.450 e. The number of hydrogen-bond donors (Lipinski definition) is 1. The highest BCUT2D eigenvalue weighted by Crippen LogP contribution is 2.21. The van der Waals surface area contributed by atoms with Crippen molar-refractivity contribution in [3.05, 3.63) is 0 Å². The number of hydrogen-bond acceptors (Lipinski definition) is 3. The molecule has 2 amide bonds. The van der Waals surface area contributed by atoms with Gasteiger partial charge < -0.3 is 15.0 Å². The van der Waals surface area contributed by atoms with Crippen molar-refractivity contribution in [1.82, 2.24) is 10.2 Å². The molecule has 1 aliphatic carbocycles. The van der Waals surface area contributed by atoms with E-state index in [0.717, 1.165) is 25.7 Å². The van der Waals surface area contributed by atoms with Gasteiger partial charge >= 0.3 is 6.09 Å². The second-order valence-corrected chi connectivity index (χ2v) is 5.47. The molecule has 2 rings (SSSR count). The van der Waals surface area contributed by atoms with E-state index in [2.05, 4.69) is 5.32 Å². The first kappa shape index (κ1) is 14.2. The molecule has 5 nitrogen and oxygen atoms in total. The Bertz CT molecular complexity index is 327. The van der Waals surface area contributed by atoms with Crippen molar-refractivity contribution >= 4 is 12.0 Å². The Morgan fingerprint density at radius 1 is 1.21 bits per heavy atom. The highest BCUT2D eigenvalue weighted by Gasteiger charge is 2.30. The number of nitrogens with zero attached hydrogens (tertiary/aromatic N) is 1. The van der Waals surface area contributed by atoms with Crippen LogP contribution < -0.4 is 5.32 Å². The van der Waals surface area contributed by atoms with Crippen molar-refractivity contribution < 1.29 is 14.3 Å². The van der Waals surface area contributed by atoms with Crippen LogP contribution in [0.5, 0.6) is 0 Å². The summed E-state index contributed by atoms with van der Waals surface area (Å²) in [5.74, 6) is 0.0413. The Balaban J connectivity index is 1.82. The van der Waals surface area contributed by atoms with E-state index in [1.165, 1.54) is 12.8 Å². The number of piperidine rings is 1. The maximum absolute atomic E-state index is 12.2. The molecule has 19 heavy (non-hydrogen) atoms. The molecule has 108 valence electrons. The lowest BCUT2D eigenvalue weighted by molar-refractivity contribution is -0.127. The number of carbonyl (C=O) groups is 2. The summed E-state index contributed by atoms with van der Waals surface area (Å²) in [6.07, 6.45) is 6.08. The van der Waals surface area contributed by atoms with Crippen molar-refractivity contribution in [2.75, 3.05) is 19.7 Å². The van der Waals surface area contributed by atoms with Crippen molar-refractivity contribution in [1.29, 1.82) is 0 Å². The van der Waals surface area contributed by atoms with Crippen LogP contribution in [0, 0.1) is 5.92 Å². The van der Waals surface area contributed by atoms with Crippen LogP contribution in [0.15, 0.2) is 0 Å². The van der Waals surface area contributed by atoms with Gasteiger partial charge in [-0.25, -0.2) is 4.79 Å². The van der Waals surface area contributed by atoms with Gasteiger partial charge in [-0.3, -0.25) is 4.79 Å². The normalized spacial score (nSPS) is 24.3. The van der Waals surface area contributed by atoms with Gasteiger partial charge in [-0.15, -0.1) is 0 Å². The van der Waals surface area contributed by atoms with E-state index in [0.29, 0.717) is 25.7 Å². The average molecular weight is 268 g/mol. The summed E-state index contributed by atoms with van der Waals surface area (Å²) in [5.41, 5.74) is 0. The number of ether oxygens (including phenoxy) is 1. The first-order chi connectivity index (χ1) is 9.20. The quantitative estimate of drug-likeness (QED) is 0.850. The molecule has 0 unspecified atom stereocenters. The Kier molecular flexibility index (Phi) is 5.05. The van der Waals surface area contributed by atoms with Crippen LogP contribution in [0.3, 0.4) is 0 Å². The lowest BCUT2D eigenvalue weighted by Gasteiger charge is -2.31. The van der Waals surface area contributed by atoms with Crippen molar-refractivity contribution in [2.45, 2.75) is 51.5 Å². The minimum atomic E-state index is -0.291. The fraction of sp³-hybridized carbons (Fsp3) is 0.857. The third-order valence-electron chi connectivity index (χ3n) is 4.02. The van der Waals surface area contributed by atoms with E-state index in [9.17, 15) is 9.59 Å². The fourth-order valence-corrected chi connectivity index (χ4v) is 2.96. The highest BCUT2D eigenvalue weighted by atomic mass is 16.6. The van der Waals surface area contributed by atoms with E-state index >= 15 is 0 Å². The molecular weight excluding hydrogens is 244 g/mol. The summed E-state index contributed by atoms with van der Waals surface area (Å²) in [4.78, 5) is 25.5. The highest BCUT2D eigenvalue weighted by molar-refractivity contribution is 5.80. The molecule has 1 atom stereocenters. The van der Waals surface area contributed by atoms with Crippen LogP contribution in [0.1, 0.15) is 45.4 Å². The van der Waals surface area contributed by atoms with E-state index in [4.69, 9.17) is 4.74 Å². The van der Waals surface area contributed by atoms with Crippen LogP contribution in [-0.4, -0.2) is 42.6 Å². The zero-order chi connectivity index (χ0) is 13.7. The second-order valence-electron chi connectivity index (χ2n) is 5.47. The Morgan fingerprint density at radius 2 is 1.95 bits per heavy atom. The maximum atomic E-state index is 12.2. The van der Waals surface area contributed by atoms with E-state index in [-0.39, 0.29) is 17.9 Å². The van der Waals surface area contributed by atoms with Crippen LogP contribution in [0.25, 0.3) is 0 Å². The molecule has 0 aromatic heterocycles. The summed E-state index contributed by atoms with van der Waals surface area (Å²) >= 11 is 0. The number of nitrogens with one attached hydrogen (secondary N) is 1. The molecule has 0 aromatic rings. The first-order valence-corrected chi connectivity index (χ1v) is 7.42. The summed E-state index contributed by atoms with van der Waals surface area (Å²) in [6, 6.07) is 0.352. The predicted octanol–water partition coefficient (Wildman–Crippen LogP) is 1.91. The van der Waals surface area contributed by atoms with Gasteiger partial charge in [0.2, 0.25) is 5.91 Å². The number of amides is 2. The molecule has 0 aromatic carbocycles. The molecule has 1 heterocycles. The zero-order valence-corrected chi connectivity index (χ0v) is 11.7. The monoisotopic (exact) mass is 268 g/mol. The second kappa shape index (κ2) is 6.78. The predicted molar refractivity (Wildman–Crippen MR) is 71.7 cm³/mol.